The lowest BCUT2D eigenvalue weighted by atomic mass is 10.0. The molecular formula is C19H20F4N6O2. The number of hydrogen-bond acceptors (Lipinski definition) is 7. The van der Waals surface area contributed by atoms with Crippen molar-refractivity contribution in [1.82, 2.24) is 20.3 Å². The smallest absolute Gasteiger partial charge is 0.416 e. The molecular weight excluding hydrogens is 420 g/mol. The van der Waals surface area contributed by atoms with Gasteiger partial charge in [-0.1, -0.05) is 0 Å². The van der Waals surface area contributed by atoms with Crippen molar-refractivity contribution in [1.29, 1.82) is 0 Å². The summed E-state index contributed by atoms with van der Waals surface area (Å²) in [5.74, 6) is 0.114. The lowest BCUT2D eigenvalue weighted by molar-refractivity contribution is -0.137. The van der Waals surface area contributed by atoms with Crippen molar-refractivity contribution in [2.45, 2.75) is 38.3 Å². The van der Waals surface area contributed by atoms with E-state index in [2.05, 4.69) is 25.6 Å². The third-order valence-corrected chi connectivity index (χ3v) is 5.11. The summed E-state index contributed by atoms with van der Waals surface area (Å²) in [4.78, 5) is 25.9. The van der Waals surface area contributed by atoms with Gasteiger partial charge >= 0.3 is 12.3 Å². The van der Waals surface area contributed by atoms with Gasteiger partial charge in [-0.15, -0.1) is 0 Å². The van der Waals surface area contributed by atoms with E-state index in [1.54, 1.807) is 4.90 Å². The predicted octanol–water partition coefficient (Wildman–Crippen LogP) is 3.32. The Bertz CT molecular complexity index is 1000. The Labute approximate surface area is 175 Å². The van der Waals surface area contributed by atoms with Crippen LogP contribution in [-0.2, 0) is 10.9 Å². The Hall–Kier alpha value is -3.02. The summed E-state index contributed by atoms with van der Waals surface area (Å²) in [6.45, 7) is 4.65. The Kier molecular flexibility index (Phi) is 5.42. The van der Waals surface area contributed by atoms with Gasteiger partial charge in [-0.25, -0.2) is 24.1 Å². The van der Waals surface area contributed by atoms with Gasteiger partial charge in [0.15, 0.2) is 6.10 Å². The van der Waals surface area contributed by atoms with Gasteiger partial charge in [0.2, 0.25) is 0 Å². The summed E-state index contributed by atoms with van der Waals surface area (Å²) in [7, 11) is 0. The summed E-state index contributed by atoms with van der Waals surface area (Å²) in [5, 5.41) is 5.56. The van der Waals surface area contributed by atoms with Crippen molar-refractivity contribution < 1.29 is 27.1 Å². The number of piperazine rings is 1. The number of carbonyl (C=O) groups excluding carboxylic acids is 1. The third kappa shape index (κ3) is 4.24. The van der Waals surface area contributed by atoms with Crippen LogP contribution in [0.1, 0.15) is 31.1 Å². The van der Waals surface area contributed by atoms with E-state index in [1.165, 1.54) is 6.92 Å². The maximum Gasteiger partial charge on any atom is 0.416 e. The molecule has 2 aromatic rings. The van der Waals surface area contributed by atoms with Crippen molar-refractivity contribution in [2.24, 2.45) is 0 Å². The van der Waals surface area contributed by atoms with Crippen LogP contribution in [0.15, 0.2) is 18.5 Å². The van der Waals surface area contributed by atoms with Gasteiger partial charge in [-0.05, 0) is 26.0 Å². The monoisotopic (exact) mass is 440 g/mol. The first kappa shape index (κ1) is 21.2. The van der Waals surface area contributed by atoms with Crippen LogP contribution in [0, 0.1) is 0 Å². The standard InChI is InChI=1S/C19H20F4N6O2/c1-9-7-29(4-3-24-9)13-6-11(19(21,22)23)5-12(27-13)15-14-16(10(2)20)31-18(30)28-17(14)26-8-25-15/h5-6,8-10,16,24H,3-4,7H2,1-2H3,(H,25,26,28,30)/t9-,10?,16?/m0/s1. The molecule has 31 heavy (non-hydrogen) atoms. The first-order valence-corrected chi connectivity index (χ1v) is 9.68. The van der Waals surface area contributed by atoms with Crippen LogP contribution in [0.25, 0.3) is 11.4 Å². The van der Waals surface area contributed by atoms with E-state index in [0.717, 1.165) is 18.5 Å². The largest absolute Gasteiger partial charge is 0.438 e. The van der Waals surface area contributed by atoms with Gasteiger partial charge in [0, 0.05) is 25.7 Å². The fourth-order valence-corrected chi connectivity index (χ4v) is 3.70. The van der Waals surface area contributed by atoms with E-state index in [1.807, 2.05) is 6.92 Å². The Morgan fingerprint density at radius 3 is 2.74 bits per heavy atom. The number of nitrogens with one attached hydrogen (secondary N) is 2. The normalized spacial score (nSPS) is 22.4. The third-order valence-electron chi connectivity index (χ3n) is 5.11. The second-order valence-corrected chi connectivity index (χ2v) is 7.51. The minimum absolute atomic E-state index is 0.0210. The Morgan fingerprint density at radius 2 is 2.06 bits per heavy atom. The summed E-state index contributed by atoms with van der Waals surface area (Å²) in [6.07, 6.45) is -7.47. The van der Waals surface area contributed by atoms with Crippen LogP contribution in [0.5, 0.6) is 0 Å². The quantitative estimate of drug-likeness (QED) is 0.708. The van der Waals surface area contributed by atoms with E-state index in [-0.39, 0.29) is 34.6 Å². The van der Waals surface area contributed by atoms with E-state index in [4.69, 9.17) is 4.74 Å². The lowest BCUT2D eigenvalue weighted by Crippen LogP contribution is -2.49. The molecule has 2 N–H and O–H groups in total. The molecule has 166 valence electrons. The average Bonchev–Trinajstić information content (AvgIpc) is 2.71. The molecule has 0 spiro atoms. The first-order valence-electron chi connectivity index (χ1n) is 9.68. The number of alkyl halides is 4. The zero-order valence-corrected chi connectivity index (χ0v) is 16.7. The fourth-order valence-electron chi connectivity index (χ4n) is 3.70. The van der Waals surface area contributed by atoms with Crippen molar-refractivity contribution in [3.63, 3.8) is 0 Å². The van der Waals surface area contributed by atoms with Gasteiger partial charge in [-0.2, -0.15) is 13.2 Å². The maximum absolute atomic E-state index is 14.2. The topological polar surface area (TPSA) is 92.3 Å². The molecule has 2 aliphatic rings. The second kappa shape index (κ2) is 7.91. The molecule has 12 heteroatoms. The van der Waals surface area contributed by atoms with Crippen LogP contribution in [-0.4, -0.2) is 52.9 Å². The minimum Gasteiger partial charge on any atom is -0.438 e. The predicted molar refractivity (Wildman–Crippen MR) is 103 cm³/mol. The van der Waals surface area contributed by atoms with Gasteiger partial charge in [-0.3, -0.25) is 5.32 Å². The molecule has 0 aromatic carbocycles. The number of aromatic nitrogens is 3. The average molecular weight is 440 g/mol. The number of pyridine rings is 1. The molecule has 3 atom stereocenters. The zero-order chi connectivity index (χ0) is 22.3. The van der Waals surface area contributed by atoms with E-state index in [9.17, 15) is 22.4 Å². The van der Waals surface area contributed by atoms with Gasteiger partial charge < -0.3 is 15.0 Å². The van der Waals surface area contributed by atoms with Crippen molar-refractivity contribution >= 4 is 17.7 Å². The van der Waals surface area contributed by atoms with Crippen LogP contribution < -0.4 is 15.5 Å². The molecule has 2 unspecified atom stereocenters. The number of hydrogen-bond donors (Lipinski definition) is 2. The fraction of sp³-hybridized carbons (Fsp3) is 0.474. The molecule has 1 fully saturated rings. The molecule has 1 amide bonds. The van der Waals surface area contributed by atoms with Crippen molar-refractivity contribution in [3.8, 4) is 11.4 Å². The highest BCUT2D eigenvalue weighted by molar-refractivity contribution is 5.88. The number of fused-ring (bicyclic) bond motifs is 1. The van der Waals surface area contributed by atoms with Gasteiger partial charge in [0.25, 0.3) is 0 Å². The molecule has 4 rings (SSSR count). The molecule has 0 radical (unpaired) electrons. The lowest BCUT2D eigenvalue weighted by Gasteiger charge is -2.33. The zero-order valence-electron chi connectivity index (χ0n) is 16.7. The molecule has 4 heterocycles. The van der Waals surface area contributed by atoms with Gasteiger partial charge in [0.05, 0.1) is 16.8 Å². The van der Waals surface area contributed by atoms with Gasteiger partial charge in [0.1, 0.15) is 29.8 Å². The van der Waals surface area contributed by atoms with Crippen LogP contribution in [0.3, 0.4) is 0 Å². The Morgan fingerprint density at radius 1 is 1.29 bits per heavy atom. The second-order valence-electron chi connectivity index (χ2n) is 7.51. The molecule has 0 aliphatic carbocycles. The summed E-state index contributed by atoms with van der Waals surface area (Å²) in [6, 6.07) is 1.91. The molecule has 0 bridgehead atoms. The van der Waals surface area contributed by atoms with Crippen LogP contribution >= 0.6 is 0 Å². The van der Waals surface area contributed by atoms with Crippen LogP contribution in [0.2, 0.25) is 0 Å². The minimum atomic E-state index is -4.63. The number of amides is 1. The number of halogens is 4. The highest BCUT2D eigenvalue weighted by atomic mass is 19.4. The maximum atomic E-state index is 14.2. The van der Waals surface area contributed by atoms with E-state index < -0.39 is 30.1 Å². The number of nitrogens with zero attached hydrogens (tertiary/aromatic N) is 4. The number of ether oxygens (including phenoxy) is 1. The SMILES string of the molecule is CC(F)C1OC(=O)Nc2ncnc(-c3cc(C(F)(F)F)cc(N4CCN[C@@H](C)C4)n3)c21. The molecule has 2 aliphatic heterocycles. The summed E-state index contributed by atoms with van der Waals surface area (Å²) in [5.41, 5.74) is -1.00. The number of carbonyl (C=O) groups is 1. The summed E-state index contributed by atoms with van der Waals surface area (Å²) >= 11 is 0. The van der Waals surface area contributed by atoms with E-state index >= 15 is 0 Å². The molecule has 1 saturated heterocycles. The van der Waals surface area contributed by atoms with E-state index in [0.29, 0.717) is 19.6 Å². The summed E-state index contributed by atoms with van der Waals surface area (Å²) < 4.78 is 60.3. The molecule has 0 saturated carbocycles. The Balaban J connectivity index is 1.88. The highest BCUT2D eigenvalue weighted by Crippen LogP contribution is 2.40. The number of cyclic esters (lactones) is 1. The number of anilines is 2. The molecule has 8 nitrogen and oxygen atoms in total. The van der Waals surface area contributed by atoms with Crippen molar-refractivity contribution in [3.05, 3.63) is 29.6 Å². The van der Waals surface area contributed by atoms with Crippen LogP contribution in [0.4, 0.5) is 34.0 Å². The number of rotatable bonds is 3. The van der Waals surface area contributed by atoms with Crippen molar-refractivity contribution in [2.75, 3.05) is 29.9 Å². The first-order chi connectivity index (χ1) is 14.6. The highest BCUT2D eigenvalue weighted by Gasteiger charge is 2.37. The molecule has 2 aromatic heterocycles.